The molecule has 0 N–H and O–H groups in total. The number of benzene rings is 1. The van der Waals surface area contributed by atoms with Crippen LogP contribution in [0.2, 0.25) is 0 Å². The molecule has 2 saturated heterocycles. The average molecular weight is 498 g/mol. The summed E-state index contributed by atoms with van der Waals surface area (Å²) in [7, 11) is 1.85. The Kier molecular flexibility index (Phi) is 6.87. The summed E-state index contributed by atoms with van der Waals surface area (Å²) >= 11 is 4.73. The Bertz CT molecular complexity index is 944. The number of hydrogen-bond donors (Lipinski definition) is 1. The largest absolute Gasteiger partial charge is 0.428 e. The zero-order valence-corrected chi connectivity index (χ0v) is 23.1. The van der Waals surface area contributed by atoms with Crippen LogP contribution in [0.1, 0.15) is 78.7 Å². The molecule has 5 nitrogen and oxygen atoms in total. The van der Waals surface area contributed by atoms with Gasteiger partial charge in [-0.25, -0.2) is 0 Å². The lowest BCUT2D eigenvalue weighted by molar-refractivity contribution is -0.128. The van der Waals surface area contributed by atoms with Crippen LogP contribution in [0.15, 0.2) is 18.2 Å². The van der Waals surface area contributed by atoms with E-state index in [4.69, 9.17) is 22.0 Å². The number of amides is 1. The van der Waals surface area contributed by atoms with Crippen molar-refractivity contribution in [1.82, 2.24) is 4.90 Å². The van der Waals surface area contributed by atoms with E-state index in [1.54, 1.807) is 0 Å². The van der Waals surface area contributed by atoms with Crippen molar-refractivity contribution in [2.24, 2.45) is 5.92 Å². The van der Waals surface area contributed by atoms with Crippen LogP contribution in [0.5, 0.6) is 0 Å². The molecule has 1 spiro atoms. The summed E-state index contributed by atoms with van der Waals surface area (Å²) in [5.41, 5.74) is 2.56. The fraction of sp³-hybridized carbons (Fsp3) is 0.750. The lowest BCUT2D eigenvalue weighted by Gasteiger charge is -2.46. The van der Waals surface area contributed by atoms with Gasteiger partial charge in [-0.05, 0) is 84.0 Å². The van der Waals surface area contributed by atoms with E-state index in [1.165, 1.54) is 18.4 Å². The number of fused-ring (bicyclic) bond motifs is 2. The summed E-state index contributed by atoms with van der Waals surface area (Å²) in [6.07, 6.45) is 6.55. The molecular weight excluding hydrogens is 455 g/mol. The second-order valence-electron chi connectivity index (χ2n) is 12.3. The zero-order valence-electron chi connectivity index (χ0n) is 22.2. The van der Waals surface area contributed by atoms with Gasteiger partial charge in [-0.2, -0.15) is 12.6 Å². The second kappa shape index (κ2) is 9.38. The van der Waals surface area contributed by atoms with E-state index in [0.717, 1.165) is 69.1 Å². The van der Waals surface area contributed by atoms with Gasteiger partial charge in [0.15, 0.2) is 0 Å². The molecule has 0 unspecified atom stereocenters. The van der Waals surface area contributed by atoms with Gasteiger partial charge in [0, 0.05) is 16.5 Å². The summed E-state index contributed by atoms with van der Waals surface area (Å²) in [5.74, 6) is 1.10. The maximum absolute atomic E-state index is 14.2. The van der Waals surface area contributed by atoms with Crippen LogP contribution in [0.3, 0.4) is 0 Å². The SMILES string of the molecule is CCCC1CC(N2C(=O)C3(CCN(C4COC4)CC3)c3ccc([B]OC(C)(C)C(C)(C)S)cc32)C1. The van der Waals surface area contributed by atoms with Gasteiger partial charge >= 0.3 is 7.48 Å². The van der Waals surface area contributed by atoms with E-state index in [2.05, 4.69) is 62.6 Å². The number of carbonyl (C=O) groups is 1. The zero-order chi connectivity index (χ0) is 25.0. The van der Waals surface area contributed by atoms with Gasteiger partial charge in [0.25, 0.3) is 0 Å². The third-order valence-corrected chi connectivity index (χ3v) is 9.99. The number of anilines is 1. The van der Waals surface area contributed by atoms with Gasteiger partial charge in [-0.3, -0.25) is 9.69 Å². The summed E-state index contributed by atoms with van der Waals surface area (Å²) in [5, 5.41) is 0. The number of thiol groups is 1. The number of likely N-dealkylation sites (tertiary alicyclic amines) is 1. The summed E-state index contributed by atoms with van der Waals surface area (Å²) in [4.78, 5) is 18.9. The Morgan fingerprint density at radius 3 is 2.40 bits per heavy atom. The highest BCUT2D eigenvalue weighted by molar-refractivity contribution is 7.81. The standard InChI is InChI=1S/C28H42BN2O3S/c1-6-7-19-14-21(15-19)31-24-16-20(29-34-26(2,3)27(4,5)35)8-9-23(24)28(25(31)32)10-12-30(13-11-28)22-17-33-18-22/h8-9,16,19,21-22,35H,6-7,10-15,17-18H2,1-5H3. The monoisotopic (exact) mass is 497 g/mol. The Labute approximate surface area is 218 Å². The number of piperidine rings is 1. The summed E-state index contributed by atoms with van der Waals surface area (Å²) in [6, 6.07) is 7.41. The molecule has 191 valence electrons. The third-order valence-electron chi connectivity index (χ3n) is 9.45. The molecule has 7 heteroatoms. The Morgan fingerprint density at radius 1 is 1.14 bits per heavy atom. The molecule has 0 bridgehead atoms. The first kappa shape index (κ1) is 25.6. The molecule has 0 aromatic heterocycles. The van der Waals surface area contributed by atoms with Crippen molar-refractivity contribution in [3.8, 4) is 0 Å². The molecule has 1 aliphatic carbocycles. The summed E-state index contributed by atoms with van der Waals surface area (Å²) < 4.78 is 11.4. The fourth-order valence-electron chi connectivity index (χ4n) is 6.15. The van der Waals surface area contributed by atoms with Gasteiger partial charge in [0.2, 0.25) is 5.91 Å². The molecule has 0 atom stereocenters. The van der Waals surface area contributed by atoms with Gasteiger partial charge in [-0.15, -0.1) is 0 Å². The van der Waals surface area contributed by atoms with Crippen molar-refractivity contribution in [1.29, 1.82) is 0 Å². The van der Waals surface area contributed by atoms with Gasteiger partial charge in [0.05, 0.1) is 30.3 Å². The first-order chi connectivity index (χ1) is 16.6. The highest BCUT2D eigenvalue weighted by Gasteiger charge is 2.55. The van der Waals surface area contributed by atoms with E-state index in [0.29, 0.717) is 18.0 Å². The molecule has 1 aromatic carbocycles. The van der Waals surface area contributed by atoms with E-state index >= 15 is 0 Å². The molecule has 1 radical (unpaired) electrons. The van der Waals surface area contributed by atoms with E-state index in [1.807, 2.05) is 7.48 Å². The predicted octanol–water partition coefficient (Wildman–Crippen LogP) is 4.09. The van der Waals surface area contributed by atoms with Gasteiger partial charge in [-0.1, -0.05) is 37.4 Å². The van der Waals surface area contributed by atoms with Crippen molar-refractivity contribution in [2.45, 2.75) is 101 Å². The minimum atomic E-state index is -0.425. The van der Waals surface area contributed by atoms with Crippen molar-refractivity contribution in [2.75, 3.05) is 31.2 Å². The lowest BCUT2D eigenvalue weighted by atomic mass is 9.72. The molecule has 4 aliphatic rings. The second-order valence-corrected chi connectivity index (χ2v) is 13.5. The number of ether oxygens (including phenoxy) is 1. The molecule has 1 aromatic rings. The van der Waals surface area contributed by atoms with Gasteiger partial charge < -0.3 is 14.3 Å². The topological polar surface area (TPSA) is 42.0 Å². The van der Waals surface area contributed by atoms with Crippen LogP contribution in [0.25, 0.3) is 0 Å². The third kappa shape index (κ3) is 4.49. The maximum atomic E-state index is 14.2. The normalized spacial score (nSPS) is 27.0. The van der Waals surface area contributed by atoms with Crippen LogP contribution in [-0.2, 0) is 19.6 Å². The number of carbonyl (C=O) groups excluding carboxylic acids is 1. The van der Waals surface area contributed by atoms with Crippen LogP contribution in [0, 0.1) is 5.92 Å². The van der Waals surface area contributed by atoms with Gasteiger partial charge in [0.1, 0.15) is 0 Å². The molecular formula is C28H42BN2O3S. The molecule has 1 saturated carbocycles. The van der Waals surface area contributed by atoms with Crippen molar-refractivity contribution >= 4 is 37.2 Å². The van der Waals surface area contributed by atoms with Crippen LogP contribution < -0.4 is 10.4 Å². The first-order valence-corrected chi connectivity index (χ1v) is 14.0. The van der Waals surface area contributed by atoms with E-state index in [9.17, 15) is 4.79 Å². The maximum Gasteiger partial charge on any atom is 0.330 e. The molecule has 3 heterocycles. The van der Waals surface area contributed by atoms with Crippen LogP contribution >= 0.6 is 12.6 Å². The first-order valence-electron chi connectivity index (χ1n) is 13.6. The molecule has 3 fully saturated rings. The quantitative estimate of drug-likeness (QED) is 0.434. The Balaban J connectivity index is 1.40. The van der Waals surface area contributed by atoms with Crippen molar-refractivity contribution in [3.63, 3.8) is 0 Å². The summed E-state index contributed by atoms with van der Waals surface area (Å²) in [6.45, 7) is 14.2. The van der Waals surface area contributed by atoms with Crippen LogP contribution in [0.4, 0.5) is 5.69 Å². The molecule has 3 aliphatic heterocycles. The lowest BCUT2D eigenvalue weighted by Crippen LogP contribution is -2.57. The highest BCUT2D eigenvalue weighted by atomic mass is 32.1. The fourth-order valence-corrected chi connectivity index (χ4v) is 6.20. The average Bonchev–Trinajstić information content (AvgIpc) is 2.96. The smallest absolute Gasteiger partial charge is 0.330 e. The van der Waals surface area contributed by atoms with Crippen LogP contribution in [-0.4, -0.2) is 67.0 Å². The minimum absolute atomic E-state index is 0.286. The molecule has 35 heavy (non-hydrogen) atoms. The number of rotatable bonds is 8. The molecule has 1 amide bonds. The van der Waals surface area contributed by atoms with Crippen molar-refractivity contribution < 1.29 is 14.2 Å². The Morgan fingerprint density at radius 2 is 1.83 bits per heavy atom. The molecule has 5 rings (SSSR count). The predicted molar refractivity (Wildman–Crippen MR) is 146 cm³/mol. The minimum Gasteiger partial charge on any atom is -0.428 e. The highest BCUT2D eigenvalue weighted by Crippen LogP contribution is 2.51. The van der Waals surface area contributed by atoms with E-state index in [-0.39, 0.29) is 10.2 Å². The van der Waals surface area contributed by atoms with Crippen molar-refractivity contribution in [3.05, 3.63) is 23.8 Å². The number of nitrogens with zero attached hydrogens (tertiary/aromatic N) is 2. The van der Waals surface area contributed by atoms with E-state index < -0.39 is 5.60 Å². The Hall–Kier alpha value is -1.02. The number of hydrogen-bond acceptors (Lipinski definition) is 5.